The van der Waals surface area contributed by atoms with Crippen molar-refractivity contribution in [1.29, 1.82) is 0 Å². The molecule has 0 heterocycles. The first-order valence-electron chi connectivity index (χ1n) is 17.0. The fourth-order valence-corrected chi connectivity index (χ4v) is 6.63. The number of hydrogen-bond acceptors (Lipinski definition) is 11. The summed E-state index contributed by atoms with van der Waals surface area (Å²) in [4.78, 5) is 48.7. The van der Waals surface area contributed by atoms with Gasteiger partial charge in [-0.15, -0.1) is 0 Å². The van der Waals surface area contributed by atoms with E-state index in [2.05, 4.69) is 0 Å². The Morgan fingerprint density at radius 3 is 1.39 bits per heavy atom. The minimum Gasteiger partial charge on any atom is -0.450 e. The molecule has 17 nitrogen and oxygen atoms in total. The molecule has 1 N–H and O–H groups in total. The lowest BCUT2D eigenvalue weighted by molar-refractivity contribution is -0.385. The van der Waals surface area contributed by atoms with Gasteiger partial charge < -0.3 is 24.4 Å². The molecule has 0 aliphatic heterocycles. The van der Waals surface area contributed by atoms with E-state index in [1.54, 1.807) is 107 Å². The molecule has 0 bridgehead atoms. The zero-order chi connectivity index (χ0) is 42.1. The molecule has 0 saturated carbocycles. The molecule has 0 saturated heterocycles. The van der Waals surface area contributed by atoms with Crippen LogP contribution in [0.3, 0.4) is 0 Å². The lowest BCUT2D eigenvalue weighted by atomic mass is 10.1. The van der Waals surface area contributed by atoms with Gasteiger partial charge >= 0.3 is 19.0 Å². The molecule has 2 unspecified atom stereocenters. The second kappa shape index (κ2) is 19.2. The highest BCUT2D eigenvalue weighted by molar-refractivity contribution is 7.53. The van der Waals surface area contributed by atoms with Gasteiger partial charge in [0.05, 0.1) is 22.1 Å². The van der Waals surface area contributed by atoms with Crippen LogP contribution in [-0.4, -0.2) is 102 Å². The van der Waals surface area contributed by atoms with Crippen LogP contribution >= 0.6 is 7.67 Å². The van der Waals surface area contributed by atoms with E-state index in [4.69, 9.17) is 14.0 Å². The summed E-state index contributed by atoms with van der Waals surface area (Å²) >= 11 is 0. The number of amides is 2. The van der Waals surface area contributed by atoms with E-state index < -0.39 is 29.7 Å². The van der Waals surface area contributed by atoms with Crippen molar-refractivity contribution in [2.45, 2.75) is 26.1 Å². The molecule has 2 amide bonds. The molecule has 0 radical (unpaired) electrons. The highest BCUT2D eigenvalue weighted by atomic mass is 31.2. The number of nitro groups is 2. The van der Waals surface area contributed by atoms with Gasteiger partial charge in [0.25, 0.3) is 11.8 Å². The lowest BCUT2D eigenvalue weighted by Gasteiger charge is -2.32. The maximum atomic E-state index is 13.2. The third kappa shape index (κ3) is 11.4. The van der Waals surface area contributed by atoms with Gasteiger partial charge in [0, 0.05) is 51.5 Å². The second-order valence-corrected chi connectivity index (χ2v) is 16.0. The van der Waals surface area contributed by atoms with Crippen LogP contribution in [0.4, 0.5) is 11.4 Å². The maximum Gasteiger partial charge on any atom is 0.345 e. The van der Waals surface area contributed by atoms with E-state index in [-0.39, 0.29) is 40.4 Å². The van der Waals surface area contributed by atoms with Crippen molar-refractivity contribution in [2.75, 3.05) is 56.4 Å². The highest BCUT2D eigenvalue weighted by Gasteiger charge is 2.33. The molecule has 56 heavy (non-hydrogen) atoms. The van der Waals surface area contributed by atoms with Gasteiger partial charge in [-0.3, -0.25) is 38.9 Å². The first-order valence-corrected chi connectivity index (χ1v) is 18.6. The predicted octanol–water partition coefficient (Wildman–Crippen LogP) is 7.54. The summed E-state index contributed by atoms with van der Waals surface area (Å²) in [6, 6.07) is 21.3. The number of aliphatic hydroxyl groups is 1. The van der Waals surface area contributed by atoms with E-state index in [0.29, 0.717) is 28.0 Å². The van der Waals surface area contributed by atoms with Crippen molar-refractivity contribution in [2.24, 2.45) is 0 Å². The summed E-state index contributed by atoms with van der Waals surface area (Å²) in [7, 11) is 9.86. The van der Waals surface area contributed by atoms with E-state index in [1.807, 2.05) is 0 Å². The molecular formula is C38H47N6O11P. The van der Waals surface area contributed by atoms with Crippen molar-refractivity contribution in [3.8, 4) is 23.0 Å². The van der Waals surface area contributed by atoms with Crippen molar-refractivity contribution in [1.82, 2.24) is 19.1 Å². The second-order valence-electron chi connectivity index (χ2n) is 13.2. The molecule has 300 valence electrons. The average Bonchev–Trinajstić information content (AvgIpc) is 3.14. The molecule has 0 spiro atoms. The Hall–Kier alpha value is -5.71. The number of nitro benzene ring substituents is 2. The van der Waals surface area contributed by atoms with Crippen molar-refractivity contribution in [3.63, 3.8) is 0 Å². The number of carbonyl (C=O) groups excluding carboxylic acids is 2. The molecule has 4 aromatic rings. The third-order valence-electron chi connectivity index (χ3n) is 8.05. The summed E-state index contributed by atoms with van der Waals surface area (Å²) in [6.07, 6.45) is -1.43. The first kappa shape index (κ1) is 44.7. The molecule has 18 heteroatoms. The molecule has 0 aromatic heterocycles. The first-order chi connectivity index (χ1) is 26.2. The SMILES string of the molecule is CC(O)c1ccc([N+](=O)[O-])c(Oc2cccc(C(=O)N(C)C)c2)c1.CC(OP(=O)(N(C)C)N(C)C)c1ccc([N+](=O)[O-])c(Oc2cccc(C(=O)N(C)C)c2)c1. The Kier molecular flexibility index (Phi) is 15.4. The Bertz CT molecular complexity index is 2090. The quantitative estimate of drug-likeness (QED) is 0.0747. The van der Waals surface area contributed by atoms with Crippen molar-refractivity contribution >= 4 is 30.9 Å². The summed E-state index contributed by atoms with van der Waals surface area (Å²) in [5, 5.41) is 32.3. The van der Waals surface area contributed by atoms with Crippen LogP contribution in [0, 0.1) is 20.2 Å². The number of benzene rings is 4. The van der Waals surface area contributed by atoms with Crippen LogP contribution in [0.25, 0.3) is 0 Å². The average molecular weight is 795 g/mol. The number of carbonyl (C=O) groups is 2. The smallest absolute Gasteiger partial charge is 0.345 e. The predicted molar refractivity (Wildman–Crippen MR) is 210 cm³/mol. The topological polar surface area (TPSA) is 198 Å². The largest absolute Gasteiger partial charge is 0.450 e. The standard InChI is InChI=1S/C21H29N4O6P.C17H18N2O5/c1-15(31-32(29,23(4)5)24(6)7)16-11-12-19(25(27)28)20(14-16)30-18-10-8-9-17(13-18)21(26)22(2)3;1-11(20)12-7-8-15(19(22)23)16(10-12)24-14-6-4-5-13(9-14)17(21)18(2)3/h8-15H,1-7H3;4-11,20H,1-3H3. The number of ether oxygens (including phenoxy) is 2. The molecule has 0 aliphatic carbocycles. The van der Waals surface area contributed by atoms with Crippen LogP contribution < -0.4 is 9.47 Å². The minimum atomic E-state index is -3.27. The molecule has 0 fully saturated rings. The van der Waals surface area contributed by atoms with E-state index in [1.165, 1.54) is 67.7 Å². The summed E-state index contributed by atoms with van der Waals surface area (Å²) in [5.74, 6) is 0.152. The highest BCUT2D eigenvalue weighted by Crippen LogP contribution is 2.54. The van der Waals surface area contributed by atoms with Crippen LogP contribution in [-0.2, 0) is 9.09 Å². The van der Waals surface area contributed by atoms with Gasteiger partial charge in [-0.2, -0.15) is 0 Å². The zero-order valence-corrected chi connectivity index (χ0v) is 33.8. The van der Waals surface area contributed by atoms with Crippen LogP contribution in [0.15, 0.2) is 84.9 Å². The number of rotatable bonds is 14. The molecule has 4 rings (SSSR count). The summed E-state index contributed by atoms with van der Waals surface area (Å²) in [6.45, 7) is 3.27. The van der Waals surface area contributed by atoms with Gasteiger partial charge in [-0.05, 0) is 114 Å². The van der Waals surface area contributed by atoms with Gasteiger partial charge in [0.15, 0.2) is 0 Å². The van der Waals surface area contributed by atoms with E-state index in [0.717, 1.165) is 0 Å². The van der Waals surface area contributed by atoms with Gasteiger partial charge in [0.1, 0.15) is 11.5 Å². The Morgan fingerprint density at radius 1 is 0.643 bits per heavy atom. The van der Waals surface area contributed by atoms with Gasteiger partial charge in [-0.25, -0.2) is 9.34 Å². The molecule has 4 aromatic carbocycles. The summed E-state index contributed by atoms with van der Waals surface area (Å²) < 4.78 is 33.4. The Balaban J connectivity index is 0.000000313. The normalized spacial score (nSPS) is 12.2. The minimum absolute atomic E-state index is 0.00727. The van der Waals surface area contributed by atoms with E-state index >= 15 is 0 Å². The van der Waals surface area contributed by atoms with Crippen LogP contribution in [0.1, 0.15) is 57.9 Å². The lowest BCUT2D eigenvalue weighted by Crippen LogP contribution is -2.23. The van der Waals surface area contributed by atoms with Crippen molar-refractivity contribution < 1.29 is 43.1 Å². The maximum absolute atomic E-state index is 13.2. The Morgan fingerprint density at radius 2 is 1.04 bits per heavy atom. The van der Waals surface area contributed by atoms with Gasteiger partial charge in [0.2, 0.25) is 11.5 Å². The van der Waals surface area contributed by atoms with Crippen LogP contribution in [0.2, 0.25) is 0 Å². The number of hydrogen-bond donors (Lipinski definition) is 1. The molecule has 0 aliphatic rings. The monoisotopic (exact) mass is 794 g/mol. The Labute approximate surface area is 325 Å². The van der Waals surface area contributed by atoms with Gasteiger partial charge in [-0.1, -0.05) is 12.1 Å². The number of aliphatic hydroxyl groups excluding tert-OH is 1. The van der Waals surface area contributed by atoms with Crippen LogP contribution in [0.5, 0.6) is 23.0 Å². The third-order valence-corrected chi connectivity index (χ3v) is 10.7. The summed E-state index contributed by atoms with van der Waals surface area (Å²) in [5.41, 5.74) is 1.39. The van der Waals surface area contributed by atoms with Crippen molar-refractivity contribution in [3.05, 3.63) is 127 Å². The molecular weight excluding hydrogens is 747 g/mol. The zero-order valence-electron chi connectivity index (χ0n) is 32.9. The fourth-order valence-electron chi connectivity index (χ4n) is 5.01. The fraction of sp³-hybridized carbons (Fsp3) is 0.316. The van der Waals surface area contributed by atoms with E-state index in [9.17, 15) is 39.5 Å². The number of nitrogens with zero attached hydrogens (tertiary/aromatic N) is 6. The molecule has 2 atom stereocenters.